The molecule has 0 amide bonds. The van der Waals surface area contributed by atoms with E-state index < -0.39 is 0 Å². The highest BCUT2D eigenvalue weighted by Crippen LogP contribution is 2.32. The van der Waals surface area contributed by atoms with E-state index in [1.807, 2.05) is 24.3 Å². The van der Waals surface area contributed by atoms with Gasteiger partial charge in [-0.05, 0) is 30.9 Å². The molecule has 82 valence electrons. The minimum absolute atomic E-state index is 0.0393. The third-order valence-corrected chi connectivity index (χ3v) is 3.76. The van der Waals surface area contributed by atoms with Crippen molar-refractivity contribution in [3.63, 3.8) is 0 Å². The van der Waals surface area contributed by atoms with Crippen molar-refractivity contribution in [1.29, 1.82) is 0 Å². The van der Waals surface area contributed by atoms with Crippen LogP contribution >= 0.6 is 11.3 Å². The molecule has 2 rings (SSSR count). The molecule has 16 heavy (non-hydrogen) atoms. The molecule has 0 radical (unpaired) electrons. The Kier molecular flexibility index (Phi) is 2.88. The number of hydrogen-bond donors (Lipinski definition) is 0. The average molecular weight is 232 g/mol. The van der Waals surface area contributed by atoms with Crippen LogP contribution in [0.2, 0.25) is 0 Å². The molecule has 1 heterocycles. The molecule has 0 aliphatic carbocycles. The van der Waals surface area contributed by atoms with Gasteiger partial charge < -0.3 is 0 Å². The van der Waals surface area contributed by atoms with Gasteiger partial charge in [-0.3, -0.25) is 9.59 Å². The lowest BCUT2D eigenvalue weighted by Gasteiger charge is -1.98. The number of rotatable bonds is 3. The fraction of sp³-hybridized carbons (Fsp3) is 0.231. The van der Waals surface area contributed by atoms with Crippen molar-refractivity contribution in [2.75, 3.05) is 0 Å². The molecule has 0 saturated heterocycles. The van der Waals surface area contributed by atoms with Crippen molar-refractivity contribution in [2.24, 2.45) is 0 Å². The molecule has 0 saturated carbocycles. The summed E-state index contributed by atoms with van der Waals surface area (Å²) in [4.78, 5) is 23.5. The minimum atomic E-state index is 0.0393. The molecule has 0 bridgehead atoms. The molecule has 1 aromatic heterocycles. The van der Waals surface area contributed by atoms with E-state index in [1.54, 1.807) is 13.8 Å². The normalized spacial score (nSPS) is 10.6. The fourth-order valence-electron chi connectivity index (χ4n) is 1.81. The van der Waals surface area contributed by atoms with Crippen LogP contribution < -0.4 is 0 Å². The van der Waals surface area contributed by atoms with Crippen LogP contribution in [-0.2, 0) is 11.2 Å². The lowest BCUT2D eigenvalue weighted by atomic mass is 10.0. The summed E-state index contributed by atoms with van der Waals surface area (Å²) in [5, 5.41) is 1.04. The van der Waals surface area contributed by atoms with Gasteiger partial charge in [-0.15, -0.1) is 11.3 Å². The molecule has 0 spiro atoms. The van der Waals surface area contributed by atoms with Gasteiger partial charge >= 0.3 is 0 Å². The van der Waals surface area contributed by atoms with Crippen molar-refractivity contribution in [3.05, 3.63) is 34.7 Å². The van der Waals surface area contributed by atoms with Crippen molar-refractivity contribution >= 4 is 33.0 Å². The first-order chi connectivity index (χ1) is 7.59. The summed E-state index contributed by atoms with van der Waals surface area (Å²) in [6, 6.07) is 7.83. The smallest absolute Gasteiger partial charge is 0.170 e. The number of carbonyl (C=O) groups excluding carboxylic acids is 2. The molecular weight excluding hydrogens is 220 g/mol. The first-order valence-electron chi connectivity index (χ1n) is 5.10. The average Bonchev–Trinajstić information content (AvgIpc) is 2.57. The van der Waals surface area contributed by atoms with Crippen molar-refractivity contribution in [1.82, 2.24) is 0 Å². The van der Waals surface area contributed by atoms with Gasteiger partial charge in [-0.2, -0.15) is 0 Å². The van der Waals surface area contributed by atoms with Gasteiger partial charge in [0.25, 0.3) is 0 Å². The molecule has 2 aromatic rings. The maximum Gasteiger partial charge on any atom is 0.170 e. The molecule has 1 aromatic carbocycles. The molecule has 0 aliphatic rings. The van der Waals surface area contributed by atoms with Crippen LogP contribution in [0.1, 0.15) is 29.1 Å². The Morgan fingerprint density at radius 2 is 1.88 bits per heavy atom. The van der Waals surface area contributed by atoms with E-state index in [0.29, 0.717) is 6.42 Å². The van der Waals surface area contributed by atoms with Crippen molar-refractivity contribution in [3.8, 4) is 0 Å². The third kappa shape index (κ3) is 1.91. The number of benzene rings is 1. The second-order valence-electron chi connectivity index (χ2n) is 3.84. The number of Topliss-reactive ketones (excluding diaryl/α,β-unsaturated/α-hetero) is 2. The zero-order valence-corrected chi connectivity index (χ0v) is 10.1. The Morgan fingerprint density at radius 1 is 1.19 bits per heavy atom. The van der Waals surface area contributed by atoms with Gasteiger partial charge in [-0.25, -0.2) is 0 Å². The zero-order valence-electron chi connectivity index (χ0n) is 9.24. The van der Waals surface area contributed by atoms with E-state index in [1.165, 1.54) is 11.3 Å². The van der Waals surface area contributed by atoms with E-state index in [9.17, 15) is 9.59 Å². The molecular formula is C13H12O2S. The highest BCUT2D eigenvalue weighted by Gasteiger charge is 2.16. The number of hydrogen-bond acceptors (Lipinski definition) is 3. The Bertz CT molecular complexity index is 566. The second-order valence-corrected chi connectivity index (χ2v) is 4.89. The van der Waals surface area contributed by atoms with E-state index >= 15 is 0 Å². The van der Waals surface area contributed by atoms with E-state index in [-0.39, 0.29) is 11.6 Å². The van der Waals surface area contributed by atoms with Crippen LogP contribution in [0.25, 0.3) is 10.1 Å². The predicted molar refractivity (Wildman–Crippen MR) is 66.2 cm³/mol. The van der Waals surface area contributed by atoms with Gasteiger partial charge in [0, 0.05) is 11.1 Å². The maximum absolute atomic E-state index is 11.5. The van der Waals surface area contributed by atoms with Crippen molar-refractivity contribution < 1.29 is 9.59 Å². The highest BCUT2D eigenvalue weighted by atomic mass is 32.1. The molecule has 0 aliphatic heterocycles. The Labute approximate surface area is 97.9 Å². The second kappa shape index (κ2) is 4.18. The summed E-state index contributed by atoms with van der Waals surface area (Å²) in [5.41, 5.74) is 0.889. The monoisotopic (exact) mass is 232 g/mol. The van der Waals surface area contributed by atoms with Crippen LogP contribution in [0.3, 0.4) is 0 Å². The van der Waals surface area contributed by atoms with Crippen LogP contribution in [0, 0.1) is 0 Å². The predicted octanol–water partition coefficient (Wildman–Crippen LogP) is 3.24. The largest absolute Gasteiger partial charge is 0.300 e. The minimum Gasteiger partial charge on any atom is -0.300 e. The number of ketones is 2. The lowest BCUT2D eigenvalue weighted by molar-refractivity contribution is -0.116. The molecule has 0 unspecified atom stereocenters. The first-order valence-corrected chi connectivity index (χ1v) is 5.92. The van der Waals surface area contributed by atoms with Gasteiger partial charge in [0.1, 0.15) is 5.78 Å². The van der Waals surface area contributed by atoms with Crippen molar-refractivity contribution in [2.45, 2.75) is 20.3 Å². The standard InChI is InChI=1S/C13H12O2S/c1-8(14)7-11-10-5-3-4-6-12(10)16-13(11)9(2)15/h3-6H,7H2,1-2H3. The quantitative estimate of drug-likeness (QED) is 0.761. The molecule has 3 heteroatoms. The maximum atomic E-state index is 11.5. The Hall–Kier alpha value is -1.48. The highest BCUT2D eigenvalue weighted by molar-refractivity contribution is 7.21. The summed E-state index contributed by atoms with van der Waals surface area (Å²) in [7, 11) is 0. The van der Waals surface area contributed by atoms with E-state index in [4.69, 9.17) is 0 Å². The summed E-state index contributed by atoms with van der Waals surface area (Å²) in [6.45, 7) is 3.10. The fourth-order valence-corrected chi connectivity index (χ4v) is 2.92. The lowest BCUT2D eigenvalue weighted by Crippen LogP contribution is -2.01. The molecule has 0 atom stereocenters. The summed E-state index contributed by atoms with van der Waals surface area (Å²) >= 11 is 1.47. The van der Waals surface area contributed by atoms with Gasteiger partial charge in [0.15, 0.2) is 5.78 Å². The van der Waals surface area contributed by atoms with Gasteiger partial charge in [0.05, 0.1) is 4.88 Å². The summed E-state index contributed by atoms with van der Waals surface area (Å²) < 4.78 is 1.07. The Morgan fingerprint density at radius 3 is 2.50 bits per heavy atom. The number of thiophene rings is 1. The SMILES string of the molecule is CC(=O)Cc1c(C(C)=O)sc2ccccc12. The summed E-state index contributed by atoms with van der Waals surface area (Å²) in [5.74, 6) is 0.128. The number of fused-ring (bicyclic) bond motifs is 1. The van der Waals surface area contributed by atoms with E-state index in [0.717, 1.165) is 20.5 Å². The van der Waals surface area contributed by atoms with Crippen LogP contribution in [-0.4, -0.2) is 11.6 Å². The third-order valence-electron chi connectivity index (χ3n) is 2.44. The van der Waals surface area contributed by atoms with Gasteiger partial charge in [-0.1, -0.05) is 18.2 Å². The molecule has 0 N–H and O–H groups in total. The summed E-state index contributed by atoms with van der Waals surface area (Å²) in [6.07, 6.45) is 0.346. The van der Waals surface area contributed by atoms with Gasteiger partial charge in [0.2, 0.25) is 0 Å². The number of carbonyl (C=O) groups is 2. The topological polar surface area (TPSA) is 34.1 Å². The molecule has 2 nitrogen and oxygen atoms in total. The zero-order chi connectivity index (χ0) is 11.7. The van der Waals surface area contributed by atoms with Crippen LogP contribution in [0.4, 0.5) is 0 Å². The first kappa shape index (κ1) is 11.0. The molecule has 0 fully saturated rings. The van der Waals surface area contributed by atoms with Crippen LogP contribution in [0.15, 0.2) is 24.3 Å². The van der Waals surface area contributed by atoms with E-state index in [2.05, 4.69) is 0 Å². The Balaban J connectivity index is 2.69. The van der Waals surface area contributed by atoms with Crippen LogP contribution in [0.5, 0.6) is 0 Å².